The van der Waals surface area contributed by atoms with Crippen molar-refractivity contribution >= 4 is 16.7 Å². The number of hydrogen-bond acceptors (Lipinski definition) is 1. The molecule has 0 aliphatic rings. The van der Waals surface area contributed by atoms with Gasteiger partial charge >= 0.3 is 0 Å². The van der Waals surface area contributed by atoms with Crippen LogP contribution in [-0.2, 0) is 0 Å². The topological polar surface area (TPSA) is 29.1 Å². The standard InChI is InChI=1S/C12H10FNO.CH4/c1-14-12(15)10-6-7-11(13)9-5-3-2-4-8(9)10;/h2-7H,1H3,(H,14,15);1H4. The molecule has 2 rings (SSSR count). The number of rotatable bonds is 1. The smallest absolute Gasteiger partial charge is 0.251 e. The molecule has 0 aromatic heterocycles. The second kappa shape index (κ2) is 4.75. The first-order valence-electron chi connectivity index (χ1n) is 4.63. The van der Waals surface area contributed by atoms with Crippen molar-refractivity contribution in [2.24, 2.45) is 0 Å². The zero-order valence-corrected chi connectivity index (χ0v) is 8.25. The van der Waals surface area contributed by atoms with Crippen LogP contribution in [0.15, 0.2) is 36.4 Å². The van der Waals surface area contributed by atoms with Crippen LogP contribution in [0, 0.1) is 5.82 Å². The minimum Gasteiger partial charge on any atom is -0.355 e. The van der Waals surface area contributed by atoms with E-state index < -0.39 is 0 Å². The van der Waals surface area contributed by atoms with E-state index in [0.29, 0.717) is 16.3 Å². The van der Waals surface area contributed by atoms with E-state index in [1.165, 1.54) is 12.1 Å². The van der Waals surface area contributed by atoms with Gasteiger partial charge in [-0.1, -0.05) is 31.7 Å². The van der Waals surface area contributed by atoms with Crippen LogP contribution in [0.4, 0.5) is 4.39 Å². The summed E-state index contributed by atoms with van der Waals surface area (Å²) in [6.45, 7) is 0. The van der Waals surface area contributed by atoms with Crippen LogP contribution in [0.5, 0.6) is 0 Å². The van der Waals surface area contributed by atoms with Gasteiger partial charge < -0.3 is 5.32 Å². The number of carbonyl (C=O) groups is 1. The fourth-order valence-corrected chi connectivity index (χ4v) is 1.59. The highest BCUT2D eigenvalue weighted by molar-refractivity contribution is 6.07. The van der Waals surface area contributed by atoms with Crippen molar-refractivity contribution in [1.82, 2.24) is 5.32 Å². The summed E-state index contributed by atoms with van der Waals surface area (Å²) in [5, 5.41) is 3.64. The molecule has 1 amide bonds. The van der Waals surface area contributed by atoms with E-state index in [1.807, 2.05) is 0 Å². The average molecular weight is 219 g/mol. The van der Waals surface area contributed by atoms with Gasteiger partial charge in [-0.15, -0.1) is 0 Å². The normalized spacial score (nSPS) is 9.62. The first kappa shape index (κ1) is 12.2. The molecule has 1 N–H and O–H groups in total. The largest absolute Gasteiger partial charge is 0.355 e. The summed E-state index contributed by atoms with van der Waals surface area (Å²) in [5.74, 6) is -0.510. The average Bonchev–Trinajstić information content (AvgIpc) is 2.29. The molecule has 2 aromatic rings. The molecule has 0 fully saturated rings. The molecule has 2 nitrogen and oxygen atoms in total. The molecule has 0 radical (unpaired) electrons. The van der Waals surface area contributed by atoms with E-state index in [9.17, 15) is 9.18 Å². The number of carbonyl (C=O) groups excluding carboxylic acids is 1. The van der Waals surface area contributed by atoms with Gasteiger partial charge in [-0.2, -0.15) is 0 Å². The van der Waals surface area contributed by atoms with Crippen molar-refractivity contribution in [3.8, 4) is 0 Å². The Kier molecular flexibility index (Phi) is 3.61. The van der Waals surface area contributed by atoms with Gasteiger partial charge in [0.2, 0.25) is 0 Å². The molecule has 0 atom stereocenters. The maximum atomic E-state index is 13.4. The minimum absolute atomic E-state index is 0. The first-order chi connectivity index (χ1) is 7.24. The Bertz CT molecular complexity index is 522. The second-order valence-corrected chi connectivity index (χ2v) is 3.22. The molecule has 0 saturated carbocycles. The van der Waals surface area contributed by atoms with Gasteiger partial charge in [0.05, 0.1) is 0 Å². The Hall–Kier alpha value is -1.90. The number of hydrogen-bond donors (Lipinski definition) is 1. The van der Waals surface area contributed by atoms with Gasteiger partial charge in [-0.3, -0.25) is 4.79 Å². The number of amides is 1. The van der Waals surface area contributed by atoms with E-state index in [2.05, 4.69) is 5.32 Å². The highest BCUT2D eigenvalue weighted by atomic mass is 19.1. The SMILES string of the molecule is C.CNC(=O)c1ccc(F)c2ccccc12. The van der Waals surface area contributed by atoms with Gasteiger partial charge in [0.1, 0.15) is 5.82 Å². The fourth-order valence-electron chi connectivity index (χ4n) is 1.59. The fraction of sp³-hybridized carbons (Fsp3) is 0.154. The zero-order chi connectivity index (χ0) is 10.8. The summed E-state index contributed by atoms with van der Waals surface area (Å²) in [5.41, 5.74) is 0.495. The van der Waals surface area contributed by atoms with Gasteiger partial charge in [0.25, 0.3) is 5.91 Å². The van der Waals surface area contributed by atoms with E-state index in [4.69, 9.17) is 0 Å². The predicted octanol–water partition coefficient (Wildman–Crippen LogP) is 2.97. The summed E-state index contributed by atoms with van der Waals surface area (Å²) in [6.07, 6.45) is 0. The third-order valence-electron chi connectivity index (χ3n) is 2.34. The second-order valence-electron chi connectivity index (χ2n) is 3.22. The van der Waals surface area contributed by atoms with E-state index >= 15 is 0 Å². The molecule has 84 valence electrons. The summed E-state index contributed by atoms with van der Waals surface area (Å²) < 4.78 is 13.4. The minimum atomic E-state index is -0.307. The molecule has 0 aliphatic carbocycles. The lowest BCUT2D eigenvalue weighted by Crippen LogP contribution is -2.18. The monoisotopic (exact) mass is 219 g/mol. The van der Waals surface area contributed by atoms with Crippen LogP contribution in [-0.4, -0.2) is 13.0 Å². The van der Waals surface area contributed by atoms with E-state index in [-0.39, 0.29) is 19.2 Å². The Morgan fingerprint density at radius 1 is 1.12 bits per heavy atom. The Morgan fingerprint density at radius 3 is 2.38 bits per heavy atom. The van der Waals surface area contributed by atoms with Crippen LogP contribution < -0.4 is 5.32 Å². The van der Waals surface area contributed by atoms with Crippen LogP contribution in [0.3, 0.4) is 0 Å². The van der Waals surface area contributed by atoms with Gasteiger partial charge in [0, 0.05) is 18.0 Å². The third-order valence-corrected chi connectivity index (χ3v) is 2.34. The quantitative estimate of drug-likeness (QED) is 0.785. The summed E-state index contributed by atoms with van der Waals surface area (Å²) in [7, 11) is 1.56. The molecule has 0 saturated heterocycles. The number of nitrogens with one attached hydrogen (secondary N) is 1. The molecule has 0 unspecified atom stereocenters. The maximum absolute atomic E-state index is 13.4. The zero-order valence-electron chi connectivity index (χ0n) is 8.25. The highest BCUT2D eigenvalue weighted by Crippen LogP contribution is 2.21. The summed E-state index contributed by atoms with van der Waals surface area (Å²) in [4.78, 5) is 11.5. The van der Waals surface area contributed by atoms with E-state index in [0.717, 1.165) is 0 Å². The molecule has 3 heteroatoms. The van der Waals surface area contributed by atoms with Crippen molar-refractivity contribution in [2.45, 2.75) is 7.43 Å². The lowest BCUT2D eigenvalue weighted by atomic mass is 10.0. The third kappa shape index (κ3) is 1.89. The lowest BCUT2D eigenvalue weighted by Gasteiger charge is -2.05. The Balaban J connectivity index is 0.00000128. The van der Waals surface area contributed by atoms with Gasteiger partial charge in [-0.25, -0.2) is 4.39 Å². The summed E-state index contributed by atoms with van der Waals surface area (Å²) in [6, 6.07) is 9.75. The maximum Gasteiger partial charge on any atom is 0.251 e. The van der Waals surface area contributed by atoms with Crippen LogP contribution in [0.1, 0.15) is 17.8 Å². The van der Waals surface area contributed by atoms with Crippen molar-refractivity contribution < 1.29 is 9.18 Å². The molecule has 0 heterocycles. The number of fused-ring (bicyclic) bond motifs is 1. The molecule has 0 spiro atoms. The number of halogens is 1. The van der Waals surface area contributed by atoms with Crippen molar-refractivity contribution in [2.75, 3.05) is 7.05 Å². The van der Waals surface area contributed by atoms with Gasteiger partial charge in [0.15, 0.2) is 0 Å². The Labute approximate surface area is 94.1 Å². The highest BCUT2D eigenvalue weighted by Gasteiger charge is 2.10. The van der Waals surface area contributed by atoms with E-state index in [1.54, 1.807) is 31.3 Å². The molecule has 0 aliphatic heterocycles. The molecular weight excluding hydrogens is 205 g/mol. The molecule has 2 aromatic carbocycles. The van der Waals surface area contributed by atoms with Crippen LogP contribution in [0.25, 0.3) is 10.8 Å². The molecule has 16 heavy (non-hydrogen) atoms. The van der Waals surface area contributed by atoms with Crippen LogP contribution in [0.2, 0.25) is 0 Å². The summed E-state index contributed by atoms with van der Waals surface area (Å²) >= 11 is 0. The van der Waals surface area contributed by atoms with Crippen LogP contribution >= 0.6 is 0 Å². The van der Waals surface area contributed by atoms with Gasteiger partial charge in [-0.05, 0) is 17.5 Å². The lowest BCUT2D eigenvalue weighted by molar-refractivity contribution is 0.0964. The van der Waals surface area contributed by atoms with Crippen molar-refractivity contribution in [1.29, 1.82) is 0 Å². The van der Waals surface area contributed by atoms with Crippen molar-refractivity contribution in [3.63, 3.8) is 0 Å². The Morgan fingerprint density at radius 2 is 1.75 bits per heavy atom. The number of benzene rings is 2. The predicted molar refractivity (Wildman–Crippen MR) is 64.0 cm³/mol. The molecular formula is C13H14FNO. The molecule has 0 bridgehead atoms. The first-order valence-corrected chi connectivity index (χ1v) is 4.63. The van der Waals surface area contributed by atoms with Crippen molar-refractivity contribution in [3.05, 3.63) is 47.8 Å².